The number of carbonyl (C=O) groups excluding carboxylic acids is 2. The predicted octanol–water partition coefficient (Wildman–Crippen LogP) is 4.17. The summed E-state index contributed by atoms with van der Waals surface area (Å²) in [6.45, 7) is 12.8. The van der Waals surface area contributed by atoms with Crippen molar-refractivity contribution in [2.45, 2.75) is 66.8 Å². The lowest BCUT2D eigenvalue weighted by Gasteiger charge is -2.30. The van der Waals surface area contributed by atoms with Crippen molar-refractivity contribution in [1.29, 1.82) is 0 Å². The quantitative estimate of drug-likeness (QED) is 0.763. The molecule has 0 bridgehead atoms. The third-order valence-electron chi connectivity index (χ3n) is 3.92. The zero-order valence-electron chi connectivity index (χ0n) is 15.8. The SMILES string of the molecule is CC[C@H](C)N(CC(=O)Nc1nccs1)C(=O)C[C@@H](C)CC(C)(C)C. The number of carbonyl (C=O) groups is 2. The van der Waals surface area contributed by atoms with Crippen molar-refractivity contribution in [3.63, 3.8) is 0 Å². The zero-order chi connectivity index (χ0) is 18.3. The van der Waals surface area contributed by atoms with E-state index in [1.165, 1.54) is 11.3 Å². The van der Waals surface area contributed by atoms with Crippen LogP contribution in [0.15, 0.2) is 11.6 Å². The molecule has 0 aliphatic carbocycles. The molecule has 24 heavy (non-hydrogen) atoms. The maximum absolute atomic E-state index is 12.7. The fourth-order valence-electron chi connectivity index (χ4n) is 2.84. The van der Waals surface area contributed by atoms with Crippen molar-refractivity contribution < 1.29 is 9.59 Å². The molecular weight excluding hydrogens is 322 g/mol. The van der Waals surface area contributed by atoms with Gasteiger partial charge in [-0.1, -0.05) is 34.6 Å². The Morgan fingerprint density at radius 1 is 1.33 bits per heavy atom. The largest absolute Gasteiger partial charge is 0.331 e. The molecule has 5 nitrogen and oxygen atoms in total. The Kier molecular flexibility index (Phi) is 7.87. The van der Waals surface area contributed by atoms with E-state index in [-0.39, 0.29) is 29.8 Å². The number of nitrogens with zero attached hydrogens (tertiary/aromatic N) is 2. The lowest BCUT2D eigenvalue weighted by molar-refractivity contribution is -0.137. The molecule has 0 spiro atoms. The van der Waals surface area contributed by atoms with Gasteiger partial charge in [0.25, 0.3) is 0 Å². The second kappa shape index (κ2) is 9.16. The van der Waals surface area contributed by atoms with Gasteiger partial charge in [0.05, 0.1) is 0 Å². The van der Waals surface area contributed by atoms with Gasteiger partial charge in [0.15, 0.2) is 5.13 Å². The molecule has 0 aromatic carbocycles. The molecule has 1 aromatic heterocycles. The normalized spacial score (nSPS) is 14.1. The van der Waals surface area contributed by atoms with Crippen LogP contribution in [0.5, 0.6) is 0 Å². The summed E-state index contributed by atoms with van der Waals surface area (Å²) in [5, 5.41) is 5.13. The third-order valence-corrected chi connectivity index (χ3v) is 4.61. The molecule has 0 saturated heterocycles. The molecule has 1 heterocycles. The van der Waals surface area contributed by atoms with Crippen molar-refractivity contribution >= 4 is 28.3 Å². The van der Waals surface area contributed by atoms with Crippen LogP contribution >= 0.6 is 11.3 Å². The summed E-state index contributed by atoms with van der Waals surface area (Å²) >= 11 is 1.37. The minimum Gasteiger partial charge on any atom is -0.331 e. The van der Waals surface area contributed by atoms with Crippen molar-refractivity contribution in [2.24, 2.45) is 11.3 Å². The molecule has 0 saturated carbocycles. The van der Waals surface area contributed by atoms with Crippen LogP contribution in [-0.4, -0.2) is 34.3 Å². The number of nitrogens with one attached hydrogen (secondary N) is 1. The van der Waals surface area contributed by atoms with E-state index in [1.54, 1.807) is 16.5 Å². The van der Waals surface area contributed by atoms with Gasteiger partial charge in [0.1, 0.15) is 6.54 Å². The molecule has 0 radical (unpaired) electrons. The fourth-order valence-corrected chi connectivity index (χ4v) is 3.39. The third kappa shape index (κ3) is 7.43. The fraction of sp³-hybridized carbons (Fsp3) is 0.722. The summed E-state index contributed by atoms with van der Waals surface area (Å²) in [4.78, 5) is 30.7. The molecule has 0 unspecified atom stereocenters. The van der Waals surface area contributed by atoms with Crippen molar-refractivity contribution in [1.82, 2.24) is 9.88 Å². The lowest BCUT2D eigenvalue weighted by atomic mass is 9.84. The van der Waals surface area contributed by atoms with Gasteiger partial charge in [-0.25, -0.2) is 4.98 Å². The summed E-state index contributed by atoms with van der Waals surface area (Å²) < 4.78 is 0. The molecule has 2 amide bonds. The van der Waals surface area contributed by atoms with Crippen LogP contribution in [0.1, 0.15) is 60.8 Å². The summed E-state index contributed by atoms with van der Waals surface area (Å²) in [6.07, 6.45) is 3.93. The van der Waals surface area contributed by atoms with E-state index < -0.39 is 0 Å². The van der Waals surface area contributed by atoms with E-state index in [4.69, 9.17) is 0 Å². The first-order valence-corrected chi connectivity index (χ1v) is 9.49. The van der Waals surface area contributed by atoms with Crippen LogP contribution in [0.3, 0.4) is 0 Å². The average Bonchev–Trinajstić information content (AvgIpc) is 2.94. The summed E-state index contributed by atoms with van der Waals surface area (Å²) in [5.41, 5.74) is 0.198. The summed E-state index contributed by atoms with van der Waals surface area (Å²) in [6, 6.07) is 0.0429. The first-order chi connectivity index (χ1) is 11.1. The van der Waals surface area contributed by atoms with Gasteiger partial charge in [-0.3, -0.25) is 9.59 Å². The molecule has 0 aliphatic heterocycles. The smallest absolute Gasteiger partial charge is 0.245 e. The molecule has 6 heteroatoms. The highest BCUT2D eigenvalue weighted by Gasteiger charge is 2.25. The molecule has 136 valence electrons. The van der Waals surface area contributed by atoms with Gasteiger partial charge in [-0.05, 0) is 31.1 Å². The van der Waals surface area contributed by atoms with Crippen molar-refractivity contribution in [3.05, 3.63) is 11.6 Å². The summed E-state index contributed by atoms with van der Waals surface area (Å²) in [7, 11) is 0. The monoisotopic (exact) mass is 353 g/mol. The number of anilines is 1. The molecule has 0 aliphatic rings. The van der Waals surface area contributed by atoms with Gasteiger partial charge in [-0.15, -0.1) is 11.3 Å². The van der Waals surface area contributed by atoms with Gasteiger partial charge in [0, 0.05) is 24.0 Å². The second-order valence-electron chi connectivity index (χ2n) is 7.74. The minimum atomic E-state index is -0.193. The van der Waals surface area contributed by atoms with E-state index >= 15 is 0 Å². The van der Waals surface area contributed by atoms with Crippen molar-refractivity contribution in [2.75, 3.05) is 11.9 Å². The van der Waals surface area contributed by atoms with Crippen LogP contribution in [-0.2, 0) is 9.59 Å². The lowest BCUT2D eigenvalue weighted by Crippen LogP contribution is -2.44. The number of rotatable bonds is 8. The van der Waals surface area contributed by atoms with Crippen LogP contribution < -0.4 is 5.32 Å². The minimum absolute atomic E-state index is 0.0429. The van der Waals surface area contributed by atoms with Crippen LogP contribution in [0.2, 0.25) is 0 Å². The second-order valence-corrected chi connectivity index (χ2v) is 8.63. The van der Waals surface area contributed by atoms with E-state index in [9.17, 15) is 9.59 Å². The molecule has 1 rings (SSSR count). The molecule has 0 fully saturated rings. The Morgan fingerprint density at radius 2 is 2.00 bits per heavy atom. The Hall–Kier alpha value is -1.43. The Bertz CT molecular complexity index is 523. The number of hydrogen-bond acceptors (Lipinski definition) is 4. The molecule has 2 atom stereocenters. The standard InChI is InChI=1S/C18H31N3O2S/c1-7-14(3)21(12-15(22)20-17-19-8-9-24-17)16(23)10-13(2)11-18(4,5)6/h8-9,13-14H,7,10-12H2,1-6H3,(H,19,20,22)/t13-,14+/m1/s1. The van der Waals surface area contributed by atoms with Crippen molar-refractivity contribution in [3.8, 4) is 0 Å². The van der Waals surface area contributed by atoms with Gasteiger partial charge >= 0.3 is 0 Å². The number of aromatic nitrogens is 1. The molecular formula is C18H31N3O2S. The van der Waals surface area contributed by atoms with E-state index in [2.05, 4.69) is 38.0 Å². The van der Waals surface area contributed by atoms with Gasteiger partial charge in [0.2, 0.25) is 11.8 Å². The highest BCUT2D eigenvalue weighted by atomic mass is 32.1. The van der Waals surface area contributed by atoms with Crippen LogP contribution in [0, 0.1) is 11.3 Å². The predicted molar refractivity (Wildman–Crippen MR) is 100 cm³/mol. The molecule has 1 N–H and O–H groups in total. The highest BCUT2D eigenvalue weighted by Crippen LogP contribution is 2.26. The van der Waals surface area contributed by atoms with Gasteiger partial charge < -0.3 is 10.2 Å². The zero-order valence-corrected chi connectivity index (χ0v) is 16.6. The Morgan fingerprint density at radius 3 is 2.50 bits per heavy atom. The Balaban J connectivity index is 2.66. The van der Waals surface area contributed by atoms with E-state index in [0.717, 1.165) is 12.8 Å². The average molecular weight is 354 g/mol. The first-order valence-electron chi connectivity index (χ1n) is 8.61. The van der Waals surface area contributed by atoms with E-state index in [0.29, 0.717) is 17.5 Å². The number of thiazole rings is 1. The highest BCUT2D eigenvalue weighted by molar-refractivity contribution is 7.13. The van der Waals surface area contributed by atoms with Crippen LogP contribution in [0.4, 0.5) is 5.13 Å². The summed E-state index contributed by atoms with van der Waals surface area (Å²) in [5.74, 6) is 0.156. The Labute approximate surface area is 149 Å². The first kappa shape index (κ1) is 20.6. The van der Waals surface area contributed by atoms with Gasteiger partial charge in [-0.2, -0.15) is 0 Å². The molecule has 1 aromatic rings. The maximum Gasteiger partial charge on any atom is 0.245 e. The topological polar surface area (TPSA) is 62.3 Å². The van der Waals surface area contributed by atoms with E-state index in [1.807, 2.05) is 13.8 Å². The number of amides is 2. The van der Waals surface area contributed by atoms with Crippen LogP contribution in [0.25, 0.3) is 0 Å². The maximum atomic E-state index is 12.7. The number of hydrogen-bond donors (Lipinski definition) is 1.